The molecule has 0 unspecified atom stereocenters. The fourth-order valence-corrected chi connectivity index (χ4v) is 2.44. The van der Waals surface area contributed by atoms with E-state index in [4.69, 9.17) is 4.52 Å². The number of carbonyl (C=O) groups excluding carboxylic acids is 1. The Morgan fingerprint density at radius 1 is 1.33 bits per heavy atom. The minimum absolute atomic E-state index is 0.0183. The molecule has 0 radical (unpaired) electrons. The molecule has 2 heterocycles. The van der Waals surface area contributed by atoms with E-state index in [1.54, 1.807) is 19.2 Å². The van der Waals surface area contributed by atoms with Crippen molar-refractivity contribution in [2.45, 2.75) is 19.9 Å². The van der Waals surface area contributed by atoms with Gasteiger partial charge in [0.15, 0.2) is 5.82 Å². The number of benzene rings is 1. The van der Waals surface area contributed by atoms with Gasteiger partial charge in [0.05, 0.1) is 12.2 Å². The Balaban J connectivity index is 1.63. The standard InChI is InChI=1S/C17H19N5O2/c1-12-10-16(21-24-12)20-17(23)11-18-13(2)14-6-3-4-7-15(14)22-9-5-8-19-22/h3-10,13,18H,11H2,1-2H3,(H,20,21,23)/t13-/m1/s1. The number of aromatic nitrogens is 3. The van der Waals surface area contributed by atoms with E-state index in [0.717, 1.165) is 11.3 Å². The first-order chi connectivity index (χ1) is 11.6. The molecule has 7 heteroatoms. The molecule has 0 spiro atoms. The number of nitrogens with one attached hydrogen (secondary N) is 2. The van der Waals surface area contributed by atoms with Crippen LogP contribution in [0, 0.1) is 6.92 Å². The van der Waals surface area contributed by atoms with Crippen LogP contribution in [0.5, 0.6) is 0 Å². The second-order valence-electron chi connectivity index (χ2n) is 5.48. The zero-order valence-electron chi connectivity index (χ0n) is 13.6. The number of rotatable bonds is 6. The van der Waals surface area contributed by atoms with Gasteiger partial charge in [0.25, 0.3) is 0 Å². The Hall–Kier alpha value is -2.93. The van der Waals surface area contributed by atoms with Crippen molar-refractivity contribution >= 4 is 11.7 Å². The van der Waals surface area contributed by atoms with E-state index in [0.29, 0.717) is 11.6 Å². The Morgan fingerprint density at radius 2 is 2.17 bits per heavy atom. The maximum Gasteiger partial charge on any atom is 0.239 e. The second kappa shape index (κ2) is 7.10. The van der Waals surface area contributed by atoms with Crippen LogP contribution in [-0.4, -0.2) is 27.4 Å². The normalized spacial score (nSPS) is 12.1. The number of anilines is 1. The van der Waals surface area contributed by atoms with Gasteiger partial charge in [-0.1, -0.05) is 23.4 Å². The highest BCUT2D eigenvalue weighted by molar-refractivity contribution is 5.91. The molecule has 3 aromatic rings. The molecule has 0 aliphatic carbocycles. The lowest BCUT2D eigenvalue weighted by molar-refractivity contribution is -0.115. The van der Waals surface area contributed by atoms with Crippen molar-refractivity contribution in [3.8, 4) is 5.69 Å². The summed E-state index contributed by atoms with van der Waals surface area (Å²) < 4.78 is 6.73. The summed E-state index contributed by atoms with van der Waals surface area (Å²) in [6.45, 7) is 3.95. The minimum atomic E-state index is -0.174. The molecular formula is C17H19N5O2. The second-order valence-corrected chi connectivity index (χ2v) is 5.48. The van der Waals surface area contributed by atoms with E-state index in [1.807, 2.05) is 48.1 Å². The van der Waals surface area contributed by atoms with Crippen molar-refractivity contribution in [1.29, 1.82) is 0 Å². The van der Waals surface area contributed by atoms with Crippen molar-refractivity contribution < 1.29 is 9.32 Å². The van der Waals surface area contributed by atoms with Gasteiger partial charge in [-0.3, -0.25) is 4.79 Å². The SMILES string of the molecule is Cc1cc(NC(=O)CN[C@H](C)c2ccccc2-n2cccn2)no1. The van der Waals surface area contributed by atoms with Crippen molar-refractivity contribution in [2.75, 3.05) is 11.9 Å². The molecule has 1 atom stereocenters. The Labute approximate surface area is 139 Å². The summed E-state index contributed by atoms with van der Waals surface area (Å²) in [7, 11) is 0. The van der Waals surface area contributed by atoms with Crippen molar-refractivity contribution in [3.63, 3.8) is 0 Å². The van der Waals surface area contributed by atoms with Crippen LogP contribution in [0.3, 0.4) is 0 Å². The molecule has 24 heavy (non-hydrogen) atoms. The number of aryl methyl sites for hydroxylation is 1. The number of hydrogen-bond acceptors (Lipinski definition) is 5. The Morgan fingerprint density at radius 3 is 2.88 bits per heavy atom. The molecule has 0 saturated heterocycles. The topological polar surface area (TPSA) is 85.0 Å². The Bertz CT molecular complexity index is 810. The zero-order chi connectivity index (χ0) is 16.9. The first kappa shape index (κ1) is 15.9. The predicted molar refractivity (Wildman–Crippen MR) is 89.9 cm³/mol. The Kier molecular flexibility index (Phi) is 4.72. The number of carbonyl (C=O) groups is 1. The lowest BCUT2D eigenvalue weighted by Crippen LogP contribution is -2.30. The first-order valence-corrected chi connectivity index (χ1v) is 7.69. The lowest BCUT2D eigenvalue weighted by Gasteiger charge is -2.17. The summed E-state index contributed by atoms with van der Waals surface area (Å²) in [5.74, 6) is 0.899. The number of hydrogen-bond donors (Lipinski definition) is 2. The van der Waals surface area contributed by atoms with E-state index in [9.17, 15) is 4.79 Å². The highest BCUT2D eigenvalue weighted by Crippen LogP contribution is 2.20. The molecule has 124 valence electrons. The van der Waals surface area contributed by atoms with E-state index in [1.165, 1.54) is 0 Å². The third-order valence-electron chi connectivity index (χ3n) is 3.62. The van der Waals surface area contributed by atoms with E-state index >= 15 is 0 Å². The summed E-state index contributed by atoms with van der Waals surface area (Å²) in [5, 5.41) is 13.9. The van der Waals surface area contributed by atoms with Crippen LogP contribution < -0.4 is 10.6 Å². The average molecular weight is 325 g/mol. The summed E-state index contributed by atoms with van der Waals surface area (Å²) in [4.78, 5) is 12.0. The van der Waals surface area contributed by atoms with Gasteiger partial charge < -0.3 is 15.2 Å². The quantitative estimate of drug-likeness (QED) is 0.727. The van der Waals surface area contributed by atoms with Gasteiger partial charge in [-0.15, -0.1) is 0 Å². The van der Waals surface area contributed by atoms with Crippen molar-refractivity contribution in [3.05, 3.63) is 60.1 Å². The molecule has 1 aromatic carbocycles. The first-order valence-electron chi connectivity index (χ1n) is 7.69. The highest BCUT2D eigenvalue weighted by atomic mass is 16.5. The fourth-order valence-electron chi connectivity index (χ4n) is 2.44. The maximum atomic E-state index is 12.0. The van der Waals surface area contributed by atoms with E-state index in [2.05, 4.69) is 20.9 Å². The third kappa shape index (κ3) is 3.69. The summed E-state index contributed by atoms with van der Waals surface area (Å²) in [6, 6.07) is 11.5. The van der Waals surface area contributed by atoms with Crippen LogP contribution >= 0.6 is 0 Å². The molecule has 0 aliphatic heterocycles. The lowest BCUT2D eigenvalue weighted by atomic mass is 10.1. The smallest absolute Gasteiger partial charge is 0.239 e. The van der Waals surface area contributed by atoms with Gasteiger partial charge >= 0.3 is 0 Å². The van der Waals surface area contributed by atoms with Gasteiger partial charge in [0.2, 0.25) is 5.91 Å². The van der Waals surface area contributed by atoms with Crippen LogP contribution in [-0.2, 0) is 4.79 Å². The average Bonchev–Trinajstić information content (AvgIpc) is 3.24. The van der Waals surface area contributed by atoms with E-state index < -0.39 is 0 Å². The van der Waals surface area contributed by atoms with Crippen molar-refractivity contribution in [2.24, 2.45) is 0 Å². The fraction of sp³-hybridized carbons (Fsp3) is 0.235. The van der Waals surface area contributed by atoms with Crippen LogP contribution in [0.2, 0.25) is 0 Å². The molecule has 2 N–H and O–H groups in total. The number of amides is 1. The summed E-state index contributed by atoms with van der Waals surface area (Å²) in [6.07, 6.45) is 3.63. The molecule has 1 amide bonds. The summed E-state index contributed by atoms with van der Waals surface area (Å²) in [5.41, 5.74) is 2.04. The predicted octanol–water partition coefficient (Wildman–Crippen LogP) is 2.46. The summed E-state index contributed by atoms with van der Waals surface area (Å²) >= 11 is 0. The van der Waals surface area contributed by atoms with Crippen LogP contribution in [0.15, 0.2) is 53.3 Å². The zero-order valence-corrected chi connectivity index (χ0v) is 13.6. The number of nitrogens with zero attached hydrogens (tertiary/aromatic N) is 3. The van der Waals surface area contributed by atoms with Gasteiger partial charge in [-0.25, -0.2) is 4.68 Å². The molecule has 0 saturated carbocycles. The molecule has 2 aromatic heterocycles. The van der Waals surface area contributed by atoms with Crippen molar-refractivity contribution in [1.82, 2.24) is 20.3 Å². The molecule has 7 nitrogen and oxygen atoms in total. The monoisotopic (exact) mass is 325 g/mol. The molecule has 3 rings (SSSR count). The van der Waals surface area contributed by atoms with Crippen LogP contribution in [0.4, 0.5) is 5.82 Å². The van der Waals surface area contributed by atoms with Gasteiger partial charge in [-0.2, -0.15) is 5.10 Å². The van der Waals surface area contributed by atoms with Gasteiger partial charge in [-0.05, 0) is 31.5 Å². The maximum absolute atomic E-state index is 12.0. The van der Waals surface area contributed by atoms with Gasteiger partial charge in [0.1, 0.15) is 5.76 Å². The molecule has 0 fully saturated rings. The minimum Gasteiger partial charge on any atom is -0.360 e. The molecule has 0 bridgehead atoms. The molecule has 0 aliphatic rings. The highest BCUT2D eigenvalue weighted by Gasteiger charge is 2.13. The largest absolute Gasteiger partial charge is 0.360 e. The van der Waals surface area contributed by atoms with Gasteiger partial charge in [0, 0.05) is 24.5 Å². The van der Waals surface area contributed by atoms with Crippen LogP contribution in [0.1, 0.15) is 24.3 Å². The number of para-hydroxylation sites is 1. The van der Waals surface area contributed by atoms with E-state index in [-0.39, 0.29) is 18.5 Å². The third-order valence-corrected chi connectivity index (χ3v) is 3.62. The van der Waals surface area contributed by atoms with Crippen LogP contribution in [0.25, 0.3) is 5.69 Å². The molecular weight excluding hydrogens is 306 g/mol.